The summed E-state index contributed by atoms with van der Waals surface area (Å²) in [6, 6.07) is 19.0. The van der Waals surface area contributed by atoms with Crippen LogP contribution in [0.4, 0.5) is 0 Å². The van der Waals surface area contributed by atoms with E-state index >= 15 is 0 Å². The molecule has 6 rings (SSSR count). The zero-order valence-electron chi connectivity index (χ0n) is 21.1. The first-order valence-electron chi connectivity index (χ1n) is 12.0. The first-order valence-corrected chi connectivity index (χ1v) is 15.5. The average molecular weight is 450 g/mol. The van der Waals surface area contributed by atoms with E-state index in [2.05, 4.69) is 118 Å². The van der Waals surface area contributed by atoms with Crippen molar-refractivity contribution in [3.63, 3.8) is 0 Å². The van der Waals surface area contributed by atoms with Crippen molar-refractivity contribution >= 4 is 62.3 Å². The third-order valence-electron chi connectivity index (χ3n) is 7.56. The number of benzene rings is 3. The smallest absolute Gasteiger partial charge is 0.224 e. The summed E-state index contributed by atoms with van der Waals surface area (Å²) >= 11 is 0. The van der Waals surface area contributed by atoms with Gasteiger partial charge in [0.25, 0.3) is 0 Å². The normalized spacial score (nSPS) is 13.5. The molecule has 0 aliphatic carbocycles. The Labute approximate surface area is 196 Å². The summed E-state index contributed by atoms with van der Waals surface area (Å²) in [5.74, 6) is 0. The first kappa shape index (κ1) is 20.7. The monoisotopic (exact) mass is 449 g/mol. The van der Waals surface area contributed by atoms with Crippen LogP contribution in [0.5, 0.6) is 0 Å². The fraction of sp³-hybridized carbons (Fsp3) is 0.300. The van der Waals surface area contributed by atoms with Crippen LogP contribution in [0.3, 0.4) is 0 Å². The molecule has 0 unspecified atom stereocenters. The highest BCUT2D eigenvalue weighted by molar-refractivity contribution is 6.89. The van der Waals surface area contributed by atoms with Gasteiger partial charge in [-0.2, -0.15) is 0 Å². The fourth-order valence-corrected chi connectivity index (χ4v) is 6.77. The van der Waals surface area contributed by atoms with Gasteiger partial charge in [-0.3, -0.25) is 0 Å². The standard InChI is InChI=1S/C30H33N2Si/c1-18-9-11-22-23-16-20(30(2,3)4)10-12-24(23)32-25-17-21(33(6,7)8)15-19-13-14-31(5)29(27(19)25)26(18)28(22)32/h9-17H,1-8H3/q+1. The van der Waals surface area contributed by atoms with Crippen LogP contribution in [0.2, 0.25) is 19.6 Å². The van der Waals surface area contributed by atoms with Gasteiger partial charge < -0.3 is 4.40 Å². The molecule has 6 aromatic rings. The molecule has 0 saturated carbocycles. The van der Waals surface area contributed by atoms with Crippen LogP contribution in [-0.2, 0) is 12.5 Å². The number of fused-ring (bicyclic) bond motifs is 5. The van der Waals surface area contributed by atoms with Gasteiger partial charge in [0.05, 0.1) is 35.4 Å². The van der Waals surface area contributed by atoms with Crippen molar-refractivity contribution in [3.05, 3.63) is 65.9 Å². The zero-order chi connectivity index (χ0) is 23.4. The van der Waals surface area contributed by atoms with Gasteiger partial charge in [0.2, 0.25) is 5.52 Å². The molecule has 3 heterocycles. The second-order valence-electron chi connectivity index (χ2n) is 12.0. The van der Waals surface area contributed by atoms with Gasteiger partial charge in [0.1, 0.15) is 7.05 Å². The van der Waals surface area contributed by atoms with Gasteiger partial charge in [-0.15, -0.1) is 0 Å². The van der Waals surface area contributed by atoms with E-state index in [0.29, 0.717) is 0 Å². The summed E-state index contributed by atoms with van der Waals surface area (Å²) in [4.78, 5) is 0. The largest absolute Gasteiger partial charge is 0.307 e. The molecule has 0 N–H and O–H groups in total. The van der Waals surface area contributed by atoms with Crippen LogP contribution in [0.15, 0.2) is 54.7 Å². The maximum absolute atomic E-state index is 2.57. The molecule has 0 spiro atoms. The van der Waals surface area contributed by atoms with Gasteiger partial charge in [0.15, 0.2) is 6.20 Å². The third-order valence-corrected chi connectivity index (χ3v) is 9.58. The van der Waals surface area contributed by atoms with E-state index in [1.165, 1.54) is 65.3 Å². The lowest BCUT2D eigenvalue weighted by atomic mass is 9.86. The van der Waals surface area contributed by atoms with Crippen molar-refractivity contribution in [1.82, 2.24) is 4.40 Å². The van der Waals surface area contributed by atoms with E-state index in [1.54, 1.807) is 0 Å². The summed E-state index contributed by atoms with van der Waals surface area (Å²) in [6.45, 7) is 16.5. The van der Waals surface area contributed by atoms with E-state index in [4.69, 9.17) is 0 Å². The molecule has 2 nitrogen and oxygen atoms in total. The average Bonchev–Trinajstić information content (AvgIpc) is 3.07. The van der Waals surface area contributed by atoms with E-state index in [1.807, 2.05) is 0 Å². The van der Waals surface area contributed by atoms with Gasteiger partial charge in [-0.1, -0.05) is 69.9 Å². The van der Waals surface area contributed by atoms with Crippen LogP contribution in [0.25, 0.3) is 49.0 Å². The maximum atomic E-state index is 2.57. The van der Waals surface area contributed by atoms with Crippen LogP contribution in [0.1, 0.15) is 31.9 Å². The lowest BCUT2D eigenvalue weighted by molar-refractivity contribution is -0.643. The summed E-state index contributed by atoms with van der Waals surface area (Å²) in [6.07, 6.45) is 2.24. The van der Waals surface area contributed by atoms with Gasteiger partial charge >= 0.3 is 0 Å². The highest BCUT2D eigenvalue weighted by Gasteiger charge is 2.27. The zero-order valence-corrected chi connectivity index (χ0v) is 22.1. The molecular weight excluding hydrogens is 416 g/mol. The molecule has 0 atom stereocenters. The van der Waals surface area contributed by atoms with Crippen LogP contribution < -0.4 is 9.75 Å². The topological polar surface area (TPSA) is 8.29 Å². The molecule has 33 heavy (non-hydrogen) atoms. The van der Waals surface area contributed by atoms with Crippen LogP contribution in [-0.4, -0.2) is 12.5 Å². The Morgan fingerprint density at radius 2 is 1.58 bits per heavy atom. The molecule has 3 aromatic heterocycles. The second kappa shape index (κ2) is 6.36. The van der Waals surface area contributed by atoms with Crippen molar-refractivity contribution < 1.29 is 4.57 Å². The molecule has 0 aliphatic heterocycles. The molecule has 0 amide bonds. The first-order chi connectivity index (χ1) is 15.5. The Morgan fingerprint density at radius 1 is 0.818 bits per heavy atom. The molecule has 0 saturated heterocycles. The lowest BCUT2D eigenvalue weighted by Gasteiger charge is -2.20. The Bertz CT molecular complexity index is 1740. The number of aryl methyl sites for hydroxylation is 2. The predicted octanol–water partition coefficient (Wildman–Crippen LogP) is 6.97. The quantitative estimate of drug-likeness (QED) is 0.111. The molecule has 0 radical (unpaired) electrons. The number of hydrogen-bond acceptors (Lipinski definition) is 0. The van der Waals surface area contributed by atoms with Crippen molar-refractivity contribution in [2.75, 3.05) is 0 Å². The van der Waals surface area contributed by atoms with Crippen molar-refractivity contribution in [2.24, 2.45) is 7.05 Å². The molecule has 3 aromatic carbocycles. The molecule has 0 bridgehead atoms. The number of hydrogen-bond donors (Lipinski definition) is 0. The summed E-state index contributed by atoms with van der Waals surface area (Å²) in [7, 11) is 0.702. The number of pyridine rings is 2. The van der Waals surface area contributed by atoms with E-state index < -0.39 is 8.07 Å². The highest BCUT2D eigenvalue weighted by Crippen LogP contribution is 2.41. The predicted molar refractivity (Wildman–Crippen MR) is 146 cm³/mol. The Hall–Kier alpha value is -2.91. The van der Waals surface area contributed by atoms with E-state index in [0.717, 1.165) is 0 Å². The Balaban J connectivity index is 1.98. The van der Waals surface area contributed by atoms with Gasteiger partial charge in [0, 0.05) is 16.8 Å². The lowest BCUT2D eigenvalue weighted by Crippen LogP contribution is -2.38. The fourth-order valence-electron chi connectivity index (χ4n) is 5.62. The maximum Gasteiger partial charge on any atom is 0.224 e. The number of aromatic nitrogens is 2. The number of nitrogens with zero attached hydrogens (tertiary/aromatic N) is 2. The van der Waals surface area contributed by atoms with Crippen LogP contribution >= 0.6 is 0 Å². The summed E-state index contributed by atoms with van der Waals surface area (Å²) in [5.41, 5.74) is 8.22. The van der Waals surface area contributed by atoms with E-state index in [-0.39, 0.29) is 5.41 Å². The van der Waals surface area contributed by atoms with Crippen LogP contribution in [0, 0.1) is 6.92 Å². The minimum atomic E-state index is -1.49. The highest BCUT2D eigenvalue weighted by atomic mass is 28.3. The molecule has 166 valence electrons. The number of rotatable bonds is 1. The summed E-state index contributed by atoms with van der Waals surface area (Å²) in [5, 5.41) is 8.35. The van der Waals surface area contributed by atoms with E-state index in [9.17, 15) is 0 Å². The Kier molecular flexibility index (Phi) is 3.98. The third kappa shape index (κ3) is 2.75. The SMILES string of the molecule is Cc1ccc2c3cc(C(C)(C)C)ccc3n3c4cc([Si](C)(C)C)cc5cc[n+](C)c(c1c23)c54. The van der Waals surface area contributed by atoms with Crippen molar-refractivity contribution in [3.8, 4) is 0 Å². The van der Waals surface area contributed by atoms with Crippen molar-refractivity contribution in [1.29, 1.82) is 0 Å². The second-order valence-corrected chi connectivity index (χ2v) is 17.0. The summed E-state index contributed by atoms with van der Waals surface area (Å²) < 4.78 is 4.89. The molecule has 3 heteroatoms. The van der Waals surface area contributed by atoms with Crippen molar-refractivity contribution in [2.45, 2.75) is 52.8 Å². The van der Waals surface area contributed by atoms with Gasteiger partial charge in [-0.25, -0.2) is 4.57 Å². The molecule has 0 aliphatic rings. The Morgan fingerprint density at radius 3 is 2.27 bits per heavy atom. The minimum absolute atomic E-state index is 0.122. The molecular formula is C30H33N2Si+. The molecule has 0 fully saturated rings. The minimum Gasteiger partial charge on any atom is -0.307 e. The van der Waals surface area contributed by atoms with Gasteiger partial charge in [-0.05, 0) is 47.1 Å².